The summed E-state index contributed by atoms with van der Waals surface area (Å²) in [6, 6.07) is 12.2. The third-order valence-corrected chi connectivity index (χ3v) is 3.78. The Balaban J connectivity index is 0.00000261. The Morgan fingerprint density at radius 1 is 0.741 bits per heavy atom. The summed E-state index contributed by atoms with van der Waals surface area (Å²) < 4.78 is 0. The number of aromatic carboxylic acids is 2. The van der Waals surface area contributed by atoms with E-state index in [1.54, 1.807) is 24.3 Å². The van der Waals surface area contributed by atoms with Crippen molar-refractivity contribution < 1.29 is 19.8 Å². The van der Waals surface area contributed by atoms with Gasteiger partial charge in [0, 0.05) is 5.56 Å². The van der Waals surface area contributed by atoms with Crippen LogP contribution in [0.2, 0.25) is 0 Å². The molecule has 0 aliphatic rings. The molecule has 0 aliphatic carbocycles. The first-order chi connectivity index (χ1) is 12.4. The number of nitrogen functional groups attached to an aromatic ring is 2. The van der Waals surface area contributed by atoms with Crippen LogP contribution < -0.4 is 11.5 Å². The molecular formula is C18H15ClN4O4. The van der Waals surface area contributed by atoms with Crippen molar-refractivity contribution in [3.05, 3.63) is 59.7 Å². The molecule has 0 atom stereocenters. The Labute approximate surface area is 159 Å². The molecule has 1 aromatic heterocycles. The molecule has 0 fully saturated rings. The van der Waals surface area contributed by atoms with E-state index in [1.807, 2.05) is 0 Å². The van der Waals surface area contributed by atoms with Gasteiger partial charge < -0.3 is 21.7 Å². The van der Waals surface area contributed by atoms with Crippen molar-refractivity contribution in [3.63, 3.8) is 0 Å². The second-order valence-corrected chi connectivity index (χ2v) is 5.46. The molecule has 6 N–H and O–H groups in total. The van der Waals surface area contributed by atoms with Gasteiger partial charge >= 0.3 is 11.9 Å². The molecule has 0 bridgehead atoms. The summed E-state index contributed by atoms with van der Waals surface area (Å²) in [6.07, 6.45) is 0. The first-order valence-corrected chi connectivity index (χ1v) is 7.47. The van der Waals surface area contributed by atoms with Gasteiger partial charge in [-0.3, -0.25) is 0 Å². The number of carboxylic acids is 2. The molecule has 2 aromatic carbocycles. The van der Waals surface area contributed by atoms with Crippen molar-refractivity contribution in [1.29, 1.82) is 0 Å². The number of nitrogens with zero attached hydrogens (tertiary/aromatic N) is 2. The SMILES string of the molecule is Cl.Nc1nc(N)c(-c2ccc(C(=O)O)cc2)c(-c2ccc(C(=O)O)cc2)n1. The van der Waals surface area contributed by atoms with Crippen LogP contribution in [0, 0.1) is 0 Å². The van der Waals surface area contributed by atoms with E-state index in [2.05, 4.69) is 9.97 Å². The molecule has 0 amide bonds. The van der Waals surface area contributed by atoms with Gasteiger partial charge in [-0.25, -0.2) is 14.6 Å². The number of anilines is 2. The summed E-state index contributed by atoms with van der Waals surface area (Å²) in [5.74, 6) is -1.96. The Hall–Kier alpha value is -3.65. The van der Waals surface area contributed by atoms with Crippen molar-refractivity contribution in [3.8, 4) is 22.4 Å². The highest BCUT2D eigenvalue weighted by Gasteiger charge is 2.16. The van der Waals surface area contributed by atoms with E-state index in [4.69, 9.17) is 21.7 Å². The summed E-state index contributed by atoms with van der Waals surface area (Å²) in [7, 11) is 0. The van der Waals surface area contributed by atoms with Gasteiger partial charge in [-0.2, -0.15) is 4.98 Å². The van der Waals surface area contributed by atoms with Gasteiger partial charge in [0.05, 0.1) is 22.4 Å². The van der Waals surface area contributed by atoms with E-state index in [0.29, 0.717) is 22.4 Å². The van der Waals surface area contributed by atoms with E-state index < -0.39 is 11.9 Å². The highest BCUT2D eigenvalue weighted by Crippen LogP contribution is 2.35. The molecule has 27 heavy (non-hydrogen) atoms. The summed E-state index contributed by atoms with van der Waals surface area (Å²) >= 11 is 0. The van der Waals surface area contributed by atoms with Crippen LogP contribution in [0.1, 0.15) is 20.7 Å². The number of aromatic nitrogens is 2. The topological polar surface area (TPSA) is 152 Å². The van der Waals surface area contributed by atoms with Gasteiger partial charge in [0.25, 0.3) is 0 Å². The molecule has 0 saturated carbocycles. The highest BCUT2D eigenvalue weighted by atomic mass is 35.5. The van der Waals surface area contributed by atoms with E-state index >= 15 is 0 Å². The summed E-state index contributed by atoms with van der Waals surface area (Å²) in [4.78, 5) is 30.2. The van der Waals surface area contributed by atoms with Crippen molar-refractivity contribution in [2.24, 2.45) is 0 Å². The Morgan fingerprint density at radius 2 is 1.19 bits per heavy atom. The number of benzene rings is 2. The summed E-state index contributed by atoms with van der Waals surface area (Å²) in [5.41, 5.74) is 14.1. The van der Waals surface area contributed by atoms with Crippen LogP contribution in [0.5, 0.6) is 0 Å². The molecule has 0 aliphatic heterocycles. The molecule has 8 nitrogen and oxygen atoms in total. The van der Waals surface area contributed by atoms with E-state index in [0.717, 1.165) is 0 Å². The lowest BCUT2D eigenvalue weighted by molar-refractivity contribution is 0.0686. The first-order valence-electron chi connectivity index (χ1n) is 7.47. The smallest absolute Gasteiger partial charge is 0.335 e. The van der Waals surface area contributed by atoms with Gasteiger partial charge in [0.15, 0.2) is 0 Å². The molecule has 9 heteroatoms. The third-order valence-electron chi connectivity index (χ3n) is 3.78. The third kappa shape index (κ3) is 3.96. The lowest BCUT2D eigenvalue weighted by atomic mass is 9.98. The zero-order valence-corrected chi connectivity index (χ0v) is 14.6. The van der Waals surface area contributed by atoms with Crippen molar-refractivity contribution in [2.45, 2.75) is 0 Å². The van der Waals surface area contributed by atoms with Crippen LogP contribution in [0.3, 0.4) is 0 Å². The maximum absolute atomic E-state index is 11.0. The molecule has 0 unspecified atom stereocenters. The molecule has 3 aromatic rings. The van der Waals surface area contributed by atoms with Crippen LogP contribution in [0.4, 0.5) is 11.8 Å². The Kier molecular flexibility index (Phi) is 5.62. The second kappa shape index (κ2) is 7.71. The minimum atomic E-state index is -1.04. The predicted octanol–water partition coefficient (Wildman–Crippen LogP) is 2.79. The second-order valence-electron chi connectivity index (χ2n) is 5.46. The molecule has 0 radical (unpaired) electrons. The van der Waals surface area contributed by atoms with Gasteiger partial charge in [-0.15, -0.1) is 12.4 Å². The number of carbonyl (C=O) groups is 2. The molecule has 1 heterocycles. The normalized spacial score (nSPS) is 10.1. The maximum atomic E-state index is 11.0. The van der Waals surface area contributed by atoms with Gasteiger partial charge in [0.2, 0.25) is 5.95 Å². The van der Waals surface area contributed by atoms with Gasteiger partial charge in [-0.05, 0) is 29.8 Å². The van der Waals surface area contributed by atoms with Crippen molar-refractivity contribution >= 4 is 36.1 Å². The molecular weight excluding hydrogens is 372 g/mol. The fraction of sp³-hybridized carbons (Fsp3) is 0. The maximum Gasteiger partial charge on any atom is 0.335 e. The fourth-order valence-corrected chi connectivity index (χ4v) is 2.54. The van der Waals surface area contributed by atoms with E-state index in [9.17, 15) is 9.59 Å². The number of hydrogen-bond donors (Lipinski definition) is 4. The highest BCUT2D eigenvalue weighted by molar-refractivity contribution is 5.92. The van der Waals surface area contributed by atoms with Crippen molar-refractivity contribution in [2.75, 3.05) is 11.5 Å². The Morgan fingerprint density at radius 3 is 1.63 bits per heavy atom. The molecule has 0 saturated heterocycles. The zero-order valence-electron chi connectivity index (χ0n) is 13.8. The largest absolute Gasteiger partial charge is 0.478 e. The molecule has 0 spiro atoms. The van der Waals surface area contributed by atoms with Crippen LogP contribution in [-0.4, -0.2) is 32.1 Å². The number of halogens is 1. The minimum Gasteiger partial charge on any atom is -0.478 e. The minimum absolute atomic E-state index is 0. The Bertz CT molecular complexity index is 1010. The first kappa shape index (κ1) is 19.7. The quantitative estimate of drug-likeness (QED) is 0.533. The fourth-order valence-electron chi connectivity index (χ4n) is 2.54. The van der Waals surface area contributed by atoms with Crippen LogP contribution in [0.15, 0.2) is 48.5 Å². The number of nitrogens with two attached hydrogens (primary N) is 2. The standard InChI is InChI=1S/C18H14N4O4.ClH/c19-15-13(9-1-5-11(6-2-9)16(23)24)14(21-18(20)22-15)10-3-7-12(8-4-10)17(25)26;/h1-8H,(H,23,24)(H,25,26)(H4,19,20,21,22);1H. The summed E-state index contributed by atoms with van der Waals surface area (Å²) in [5, 5.41) is 18.1. The number of carboxylic acid groups (broad SMARTS) is 2. The number of hydrogen-bond acceptors (Lipinski definition) is 6. The summed E-state index contributed by atoms with van der Waals surface area (Å²) in [6.45, 7) is 0. The van der Waals surface area contributed by atoms with Crippen LogP contribution >= 0.6 is 12.4 Å². The van der Waals surface area contributed by atoms with Gasteiger partial charge in [-0.1, -0.05) is 24.3 Å². The predicted molar refractivity (Wildman–Crippen MR) is 103 cm³/mol. The van der Waals surface area contributed by atoms with E-state index in [-0.39, 0.29) is 35.3 Å². The van der Waals surface area contributed by atoms with Crippen molar-refractivity contribution in [1.82, 2.24) is 9.97 Å². The molecule has 138 valence electrons. The van der Waals surface area contributed by atoms with Crippen LogP contribution in [0.25, 0.3) is 22.4 Å². The van der Waals surface area contributed by atoms with Gasteiger partial charge in [0.1, 0.15) is 5.82 Å². The molecule has 3 rings (SSSR count). The average molecular weight is 387 g/mol. The zero-order chi connectivity index (χ0) is 18.8. The lowest BCUT2D eigenvalue weighted by Crippen LogP contribution is -2.05. The lowest BCUT2D eigenvalue weighted by Gasteiger charge is -2.13. The monoisotopic (exact) mass is 386 g/mol. The average Bonchev–Trinajstić information content (AvgIpc) is 2.61. The number of rotatable bonds is 4. The van der Waals surface area contributed by atoms with Crippen LogP contribution in [-0.2, 0) is 0 Å². The van der Waals surface area contributed by atoms with E-state index in [1.165, 1.54) is 24.3 Å².